The number of hydrogen-bond donors (Lipinski definition) is 2. The van der Waals surface area contributed by atoms with E-state index >= 15 is 0 Å². The number of ether oxygens (including phenoxy) is 1. The Morgan fingerprint density at radius 2 is 1.94 bits per heavy atom. The van der Waals surface area contributed by atoms with Crippen LogP contribution in [0.25, 0.3) is 0 Å². The van der Waals surface area contributed by atoms with Gasteiger partial charge in [0.1, 0.15) is 11.6 Å². The molecular weight excluding hydrogens is 246 g/mol. The predicted octanol–water partition coefficient (Wildman–Crippen LogP) is 2.29. The van der Waals surface area contributed by atoms with Gasteiger partial charge in [0.25, 0.3) is 0 Å². The molecule has 0 heterocycles. The predicted molar refractivity (Wildman–Crippen MR) is 67.1 cm³/mol. The molecule has 3 nitrogen and oxygen atoms in total. The van der Waals surface area contributed by atoms with Gasteiger partial charge in [0, 0.05) is 32.0 Å². The number of anilines is 1. The molecule has 6 heteroatoms. The van der Waals surface area contributed by atoms with Crippen molar-refractivity contribution in [1.29, 1.82) is 0 Å². The van der Waals surface area contributed by atoms with Crippen LogP contribution in [0.15, 0.2) is 18.2 Å². The molecule has 1 rings (SSSR count). The maximum atomic E-state index is 12.9. The number of thiocarbonyl (C=S) groups is 1. The van der Waals surface area contributed by atoms with Crippen LogP contribution in [-0.2, 0) is 4.74 Å². The molecule has 0 unspecified atom stereocenters. The van der Waals surface area contributed by atoms with Crippen LogP contribution >= 0.6 is 12.2 Å². The van der Waals surface area contributed by atoms with Crippen molar-refractivity contribution >= 4 is 23.0 Å². The van der Waals surface area contributed by atoms with Gasteiger partial charge in [0.15, 0.2) is 5.11 Å². The summed E-state index contributed by atoms with van der Waals surface area (Å²) < 4.78 is 30.6. The molecule has 94 valence electrons. The molecule has 0 aliphatic carbocycles. The van der Waals surface area contributed by atoms with E-state index < -0.39 is 11.6 Å². The third-order valence-corrected chi connectivity index (χ3v) is 2.18. The van der Waals surface area contributed by atoms with Gasteiger partial charge < -0.3 is 15.4 Å². The highest BCUT2D eigenvalue weighted by molar-refractivity contribution is 7.80. The van der Waals surface area contributed by atoms with Crippen LogP contribution in [0.5, 0.6) is 0 Å². The molecular formula is C11H14F2N2OS. The maximum Gasteiger partial charge on any atom is 0.170 e. The lowest BCUT2D eigenvalue weighted by Crippen LogP contribution is -2.29. The standard InChI is InChI=1S/C11H14F2N2OS/c1-16-4-2-3-14-11(17)15-10-6-8(12)5-9(13)7-10/h5-7H,2-4H2,1H3,(H2,14,15,17). The average molecular weight is 260 g/mol. The number of halogens is 2. The summed E-state index contributed by atoms with van der Waals surface area (Å²) in [5, 5.41) is 5.93. The maximum absolute atomic E-state index is 12.9. The molecule has 1 aromatic rings. The van der Waals surface area contributed by atoms with Crippen LogP contribution in [0.4, 0.5) is 14.5 Å². The minimum absolute atomic E-state index is 0.284. The molecule has 0 bridgehead atoms. The fourth-order valence-corrected chi connectivity index (χ4v) is 1.44. The van der Waals surface area contributed by atoms with Gasteiger partial charge in [0.05, 0.1) is 0 Å². The average Bonchev–Trinajstić information content (AvgIpc) is 2.23. The first-order chi connectivity index (χ1) is 8.11. The molecule has 0 atom stereocenters. The Kier molecular flexibility index (Phi) is 5.79. The van der Waals surface area contributed by atoms with E-state index in [2.05, 4.69) is 10.6 Å². The molecule has 2 N–H and O–H groups in total. The highest BCUT2D eigenvalue weighted by Crippen LogP contribution is 2.12. The molecule has 0 aromatic heterocycles. The van der Waals surface area contributed by atoms with E-state index in [0.717, 1.165) is 12.5 Å². The van der Waals surface area contributed by atoms with Gasteiger partial charge >= 0.3 is 0 Å². The minimum atomic E-state index is -0.644. The molecule has 0 radical (unpaired) electrons. The van der Waals surface area contributed by atoms with Crippen LogP contribution in [0.3, 0.4) is 0 Å². The molecule has 17 heavy (non-hydrogen) atoms. The van der Waals surface area contributed by atoms with Crippen molar-refractivity contribution < 1.29 is 13.5 Å². The number of benzene rings is 1. The summed E-state index contributed by atoms with van der Waals surface area (Å²) in [5.41, 5.74) is 0.284. The normalized spacial score (nSPS) is 10.1. The minimum Gasteiger partial charge on any atom is -0.385 e. The molecule has 1 aromatic carbocycles. The van der Waals surface area contributed by atoms with E-state index in [9.17, 15) is 8.78 Å². The summed E-state index contributed by atoms with van der Waals surface area (Å²) in [6, 6.07) is 3.15. The van der Waals surface area contributed by atoms with Crippen LogP contribution in [-0.4, -0.2) is 25.4 Å². The summed E-state index contributed by atoms with van der Waals surface area (Å²) in [7, 11) is 1.62. The van der Waals surface area contributed by atoms with E-state index in [4.69, 9.17) is 17.0 Å². The lowest BCUT2D eigenvalue weighted by atomic mass is 10.3. The quantitative estimate of drug-likeness (QED) is 0.628. The van der Waals surface area contributed by atoms with Gasteiger partial charge in [-0.05, 0) is 30.8 Å². The van der Waals surface area contributed by atoms with E-state index in [1.807, 2.05) is 0 Å². The summed E-state index contributed by atoms with van der Waals surface area (Å²) in [6.07, 6.45) is 0.801. The molecule has 0 fully saturated rings. The van der Waals surface area contributed by atoms with Gasteiger partial charge in [-0.3, -0.25) is 0 Å². The zero-order valence-electron chi connectivity index (χ0n) is 9.43. The monoisotopic (exact) mass is 260 g/mol. The van der Waals surface area contributed by atoms with Crippen LogP contribution in [0.1, 0.15) is 6.42 Å². The summed E-state index contributed by atoms with van der Waals surface area (Å²) in [6.45, 7) is 1.27. The first-order valence-corrected chi connectivity index (χ1v) is 5.52. The number of hydrogen-bond acceptors (Lipinski definition) is 2. The second-order valence-electron chi connectivity index (χ2n) is 3.39. The SMILES string of the molecule is COCCCNC(=S)Nc1cc(F)cc(F)c1. The molecule has 0 spiro atoms. The van der Waals surface area contributed by atoms with Crippen molar-refractivity contribution in [1.82, 2.24) is 5.32 Å². The first-order valence-electron chi connectivity index (χ1n) is 5.11. The van der Waals surface area contributed by atoms with E-state index in [-0.39, 0.29) is 5.69 Å². The molecule has 0 saturated heterocycles. The van der Waals surface area contributed by atoms with Crippen LogP contribution in [0, 0.1) is 11.6 Å². The Morgan fingerprint density at radius 1 is 1.29 bits per heavy atom. The summed E-state index contributed by atoms with van der Waals surface area (Å²) in [4.78, 5) is 0. The summed E-state index contributed by atoms with van der Waals surface area (Å²) in [5.74, 6) is -1.29. The van der Waals surface area contributed by atoms with Gasteiger partial charge in [-0.15, -0.1) is 0 Å². The Morgan fingerprint density at radius 3 is 2.53 bits per heavy atom. The van der Waals surface area contributed by atoms with Gasteiger partial charge in [-0.1, -0.05) is 0 Å². The second kappa shape index (κ2) is 7.13. The zero-order chi connectivity index (χ0) is 12.7. The van der Waals surface area contributed by atoms with Gasteiger partial charge in [0.2, 0.25) is 0 Å². The van der Waals surface area contributed by atoms with Crippen molar-refractivity contribution in [3.8, 4) is 0 Å². The fourth-order valence-electron chi connectivity index (χ4n) is 1.22. The molecule has 0 aliphatic heterocycles. The van der Waals surface area contributed by atoms with Crippen molar-refractivity contribution in [3.05, 3.63) is 29.8 Å². The Bertz CT molecular complexity index is 367. The Labute approximate surface area is 104 Å². The van der Waals surface area contributed by atoms with Crippen molar-refractivity contribution in [2.45, 2.75) is 6.42 Å². The number of rotatable bonds is 5. The topological polar surface area (TPSA) is 33.3 Å². The van der Waals surface area contributed by atoms with Crippen LogP contribution in [0.2, 0.25) is 0 Å². The van der Waals surface area contributed by atoms with E-state index in [1.54, 1.807) is 7.11 Å². The van der Waals surface area contributed by atoms with E-state index in [1.165, 1.54) is 12.1 Å². The van der Waals surface area contributed by atoms with E-state index in [0.29, 0.717) is 18.3 Å². The first kappa shape index (κ1) is 13.8. The van der Waals surface area contributed by atoms with Crippen molar-refractivity contribution in [2.24, 2.45) is 0 Å². The fraction of sp³-hybridized carbons (Fsp3) is 0.364. The molecule has 0 amide bonds. The number of methoxy groups -OCH3 is 1. The van der Waals surface area contributed by atoms with Gasteiger partial charge in [-0.2, -0.15) is 0 Å². The van der Waals surface area contributed by atoms with Crippen molar-refractivity contribution in [2.75, 3.05) is 25.6 Å². The lowest BCUT2D eigenvalue weighted by Gasteiger charge is -2.10. The highest BCUT2D eigenvalue weighted by atomic mass is 32.1. The largest absolute Gasteiger partial charge is 0.385 e. The third kappa shape index (κ3) is 5.55. The Balaban J connectivity index is 2.39. The number of nitrogens with one attached hydrogen (secondary N) is 2. The molecule has 0 saturated carbocycles. The van der Waals surface area contributed by atoms with Crippen LogP contribution < -0.4 is 10.6 Å². The second-order valence-corrected chi connectivity index (χ2v) is 3.79. The van der Waals surface area contributed by atoms with Crippen molar-refractivity contribution in [3.63, 3.8) is 0 Å². The smallest absolute Gasteiger partial charge is 0.170 e. The third-order valence-electron chi connectivity index (χ3n) is 1.93. The van der Waals surface area contributed by atoms with Gasteiger partial charge in [-0.25, -0.2) is 8.78 Å². The highest BCUT2D eigenvalue weighted by Gasteiger charge is 2.02. The lowest BCUT2D eigenvalue weighted by molar-refractivity contribution is 0.196. The summed E-state index contributed by atoms with van der Waals surface area (Å²) >= 11 is 4.96. The molecule has 0 aliphatic rings. The zero-order valence-corrected chi connectivity index (χ0v) is 10.2. The Hall–Kier alpha value is -1.27.